The molecule has 2 aromatic carbocycles. The van der Waals surface area contributed by atoms with Crippen LogP contribution in [0.4, 0.5) is 4.39 Å². The molecule has 0 aliphatic rings. The van der Waals surface area contributed by atoms with Crippen molar-refractivity contribution in [1.29, 1.82) is 0 Å². The van der Waals surface area contributed by atoms with Gasteiger partial charge in [0.1, 0.15) is 5.82 Å². The lowest BCUT2D eigenvalue weighted by molar-refractivity contribution is 0.626. The second kappa shape index (κ2) is 8.06. The second-order valence-corrected chi connectivity index (χ2v) is 5.28. The highest BCUT2D eigenvalue weighted by atomic mass is 35.5. The molecule has 2 aromatic rings. The molecule has 108 valence electrons. The van der Waals surface area contributed by atoms with Crippen molar-refractivity contribution >= 4 is 11.6 Å². The maximum absolute atomic E-state index is 12.6. The summed E-state index contributed by atoms with van der Waals surface area (Å²) in [5.41, 5.74) is 5.20. The lowest BCUT2D eigenvalue weighted by atomic mass is 10.1. The van der Waals surface area contributed by atoms with Crippen molar-refractivity contribution in [3.05, 3.63) is 69.5 Å². The van der Waals surface area contributed by atoms with Gasteiger partial charge in [-0.2, -0.15) is 0 Å². The van der Waals surface area contributed by atoms with Crippen molar-refractivity contribution in [3.8, 4) is 0 Å². The van der Waals surface area contributed by atoms with E-state index in [0.717, 1.165) is 18.4 Å². The number of halogens is 2. The van der Waals surface area contributed by atoms with Gasteiger partial charge in [-0.1, -0.05) is 49.7 Å². The average Bonchev–Trinajstić information content (AvgIpc) is 2.45. The van der Waals surface area contributed by atoms with E-state index in [-0.39, 0.29) is 10.8 Å². The SMILES string of the molecule is CCc1ccc(C)c(C)c1.CCc1ccc(Cl)c(F)c1. The number of benzene rings is 2. The van der Waals surface area contributed by atoms with E-state index >= 15 is 0 Å². The van der Waals surface area contributed by atoms with Crippen LogP contribution in [-0.4, -0.2) is 0 Å². The third kappa shape index (κ3) is 4.97. The van der Waals surface area contributed by atoms with Crippen LogP contribution < -0.4 is 0 Å². The summed E-state index contributed by atoms with van der Waals surface area (Å²) in [7, 11) is 0. The highest BCUT2D eigenvalue weighted by Gasteiger charge is 1.97. The monoisotopic (exact) mass is 292 g/mol. The normalized spacial score (nSPS) is 9.90. The molecule has 0 N–H and O–H groups in total. The van der Waals surface area contributed by atoms with Crippen LogP contribution in [0, 0.1) is 19.7 Å². The summed E-state index contributed by atoms with van der Waals surface area (Å²) >= 11 is 5.46. The van der Waals surface area contributed by atoms with Crippen LogP contribution in [-0.2, 0) is 12.8 Å². The summed E-state index contributed by atoms with van der Waals surface area (Å²) in [5, 5.41) is 0.192. The molecule has 0 unspecified atom stereocenters. The van der Waals surface area contributed by atoms with Crippen LogP contribution in [0.2, 0.25) is 5.02 Å². The summed E-state index contributed by atoms with van der Waals surface area (Å²) < 4.78 is 12.6. The zero-order valence-electron chi connectivity index (χ0n) is 12.6. The smallest absolute Gasteiger partial charge is 0.142 e. The summed E-state index contributed by atoms with van der Waals surface area (Å²) in [4.78, 5) is 0. The van der Waals surface area contributed by atoms with Crippen molar-refractivity contribution in [3.63, 3.8) is 0 Å². The zero-order chi connectivity index (χ0) is 15.1. The largest absolute Gasteiger partial charge is 0.205 e. The summed E-state index contributed by atoms with van der Waals surface area (Å²) in [6.45, 7) is 8.47. The van der Waals surface area contributed by atoms with E-state index in [1.54, 1.807) is 6.07 Å². The van der Waals surface area contributed by atoms with E-state index in [1.165, 1.54) is 22.8 Å². The van der Waals surface area contributed by atoms with Gasteiger partial charge in [0.05, 0.1) is 5.02 Å². The Bertz CT molecular complexity index is 510. The molecule has 2 heteroatoms. The van der Waals surface area contributed by atoms with E-state index in [2.05, 4.69) is 39.0 Å². The Hall–Kier alpha value is -1.34. The second-order valence-electron chi connectivity index (χ2n) is 4.87. The number of rotatable bonds is 2. The topological polar surface area (TPSA) is 0 Å². The molecular formula is C18H22ClF. The molecule has 0 radical (unpaired) electrons. The molecule has 0 saturated heterocycles. The first-order valence-electron chi connectivity index (χ1n) is 6.98. The quantitative estimate of drug-likeness (QED) is 0.646. The molecule has 0 bridgehead atoms. The average molecular weight is 293 g/mol. The number of hydrogen-bond acceptors (Lipinski definition) is 0. The molecule has 20 heavy (non-hydrogen) atoms. The standard InChI is InChI=1S/C10H14.C8H8ClF/c1-4-10-6-5-8(2)9(3)7-10;1-2-6-3-4-7(9)8(10)5-6/h5-7H,4H2,1-3H3;3-5H,2H2,1H3. The highest BCUT2D eigenvalue weighted by Crippen LogP contribution is 2.15. The summed E-state index contributed by atoms with van der Waals surface area (Å²) in [6.07, 6.45) is 1.98. The fourth-order valence-corrected chi connectivity index (χ4v) is 1.90. The molecule has 2 rings (SSSR count). The van der Waals surface area contributed by atoms with Crippen LogP contribution in [0.3, 0.4) is 0 Å². The van der Waals surface area contributed by atoms with Crippen molar-refractivity contribution in [2.45, 2.75) is 40.5 Å². The van der Waals surface area contributed by atoms with Crippen LogP contribution >= 0.6 is 11.6 Å². The molecule has 0 spiro atoms. The molecule has 0 nitrogen and oxygen atoms in total. The van der Waals surface area contributed by atoms with Crippen molar-refractivity contribution in [2.24, 2.45) is 0 Å². The van der Waals surface area contributed by atoms with Crippen molar-refractivity contribution in [1.82, 2.24) is 0 Å². The lowest BCUT2D eigenvalue weighted by Gasteiger charge is -2.01. The third-order valence-electron chi connectivity index (χ3n) is 3.37. The molecule has 0 amide bonds. The van der Waals surface area contributed by atoms with Crippen LogP contribution in [0.25, 0.3) is 0 Å². The van der Waals surface area contributed by atoms with Crippen LogP contribution in [0.5, 0.6) is 0 Å². The number of hydrogen-bond donors (Lipinski definition) is 0. The molecule has 0 saturated carbocycles. The molecule has 0 atom stereocenters. The van der Waals surface area contributed by atoms with Gasteiger partial charge in [0.2, 0.25) is 0 Å². The fourth-order valence-electron chi connectivity index (χ4n) is 1.78. The Kier molecular flexibility index (Phi) is 6.74. The predicted molar refractivity (Wildman–Crippen MR) is 86.1 cm³/mol. The minimum Gasteiger partial charge on any atom is -0.205 e. The Morgan fingerprint density at radius 2 is 1.40 bits per heavy atom. The van der Waals surface area contributed by atoms with Crippen LogP contribution in [0.15, 0.2) is 36.4 Å². The Morgan fingerprint density at radius 3 is 1.90 bits per heavy atom. The van der Waals surface area contributed by atoms with E-state index in [1.807, 2.05) is 13.0 Å². The van der Waals surface area contributed by atoms with E-state index in [0.29, 0.717) is 0 Å². The van der Waals surface area contributed by atoms with Crippen molar-refractivity contribution in [2.75, 3.05) is 0 Å². The molecular weight excluding hydrogens is 271 g/mol. The Balaban J connectivity index is 0.000000200. The van der Waals surface area contributed by atoms with Crippen molar-refractivity contribution < 1.29 is 4.39 Å². The first-order valence-corrected chi connectivity index (χ1v) is 7.35. The highest BCUT2D eigenvalue weighted by molar-refractivity contribution is 6.30. The van der Waals surface area contributed by atoms with Crippen LogP contribution in [0.1, 0.15) is 36.1 Å². The predicted octanol–water partition coefficient (Wildman–Crippen LogP) is 5.91. The maximum atomic E-state index is 12.6. The first-order chi connectivity index (χ1) is 9.47. The Morgan fingerprint density at radius 1 is 0.850 bits per heavy atom. The van der Waals surface area contributed by atoms with Gasteiger partial charge in [0, 0.05) is 0 Å². The van der Waals surface area contributed by atoms with Gasteiger partial charge in [0.25, 0.3) is 0 Å². The number of aryl methyl sites for hydroxylation is 4. The molecule has 0 aromatic heterocycles. The minimum atomic E-state index is -0.332. The first kappa shape index (κ1) is 16.7. The van der Waals surface area contributed by atoms with E-state index in [4.69, 9.17) is 11.6 Å². The van der Waals surface area contributed by atoms with Gasteiger partial charge in [-0.15, -0.1) is 0 Å². The fraction of sp³-hybridized carbons (Fsp3) is 0.333. The summed E-state index contributed by atoms with van der Waals surface area (Å²) in [6, 6.07) is 11.5. The van der Waals surface area contributed by atoms with Gasteiger partial charge in [-0.3, -0.25) is 0 Å². The zero-order valence-corrected chi connectivity index (χ0v) is 13.4. The molecule has 0 aliphatic carbocycles. The molecule has 0 aliphatic heterocycles. The molecule has 0 heterocycles. The molecule has 0 fully saturated rings. The lowest BCUT2D eigenvalue weighted by Crippen LogP contribution is -1.84. The van der Waals surface area contributed by atoms with E-state index < -0.39 is 0 Å². The Labute approximate surface area is 126 Å². The summed E-state index contributed by atoms with van der Waals surface area (Å²) in [5.74, 6) is -0.332. The third-order valence-corrected chi connectivity index (χ3v) is 3.68. The van der Waals surface area contributed by atoms with Gasteiger partial charge in [0.15, 0.2) is 0 Å². The van der Waals surface area contributed by atoms with Gasteiger partial charge in [-0.25, -0.2) is 4.39 Å². The van der Waals surface area contributed by atoms with Gasteiger partial charge in [-0.05, 0) is 61.1 Å². The maximum Gasteiger partial charge on any atom is 0.142 e. The van der Waals surface area contributed by atoms with Gasteiger partial charge < -0.3 is 0 Å². The van der Waals surface area contributed by atoms with Gasteiger partial charge >= 0.3 is 0 Å². The minimum absolute atomic E-state index is 0.192. The van der Waals surface area contributed by atoms with E-state index in [9.17, 15) is 4.39 Å².